The van der Waals surface area contributed by atoms with E-state index >= 15 is 0 Å². The summed E-state index contributed by atoms with van der Waals surface area (Å²) in [6.07, 6.45) is 6.19. The van der Waals surface area contributed by atoms with E-state index < -0.39 is 0 Å². The van der Waals surface area contributed by atoms with Crippen LogP contribution in [0.2, 0.25) is 5.02 Å². The summed E-state index contributed by atoms with van der Waals surface area (Å²) in [5, 5.41) is 12.3. The Morgan fingerprint density at radius 1 is 1.00 bits per heavy atom. The van der Waals surface area contributed by atoms with Gasteiger partial charge in [0.15, 0.2) is 0 Å². The normalized spacial score (nSPS) is 14.5. The summed E-state index contributed by atoms with van der Waals surface area (Å²) in [5.41, 5.74) is 7.45. The molecule has 0 unspecified atom stereocenters. The highest BCUT2D eigenvalue weighted by atomic mass is 35.5. The van der Waals surface area contributed by atoms with Crippen molar-refractivity contribution in [1.82, 2.24) is 30.1 Å². The van der Waals surface area contributed by atoms with Gasteiger partial charge in [0.2, 0.25) is 5.91 Å². The second kappa shape index (κ2) is 13.3. The second-order valence-corrected chi connectivity index (χ2v) is 11.3. The largest absolute Gasteiger partial charge is 0.375 e. The number of amides is 1. The average Bonchev–Trinajstić information content (AvgIpc) is 3.60. The van der Waals surface area contributed by atoms with Crippen LogP contribution in [0, 0.1) is 0 Å². The van der Waals surface area contributed by atoms with Gasteiger partial charge in [-0.3, -0.25) is 9.78 Å². The summed E-state index contributed by atoms with van der Waals surface area (Å²) in [6.45, 7) is 1.65. The molecule has 1 fully saturated rings. The Hall–Kier alpha value is -4.40. The Labute approximate surface area is 256 Å². The van der Waals surface area contributed by atoms with Gasteiger partial charge in [-0.1, -0.05) is 72.3 Å². The predicted octanol–water partition coefficient (Wildman–Crippen LogP) is 6.10. The summed E-state index contributed by atoms with van der Waals surface area (Å²) in [5.74, 6) is 0.542. The zero-order valence-electron chi connectivity index (χ0n) is 24.0. The van der Waals surface area contributed by atoms with Crippen LogP contribution >= 0.6 is 11.6 Å². The first-order valence-corrected chi connectivity index (χ1v) is 14.9. The minimum atomic E-state index is 0.0648. The first kappa shape index (κ1) is 28.7. The van der Waals surface area contributed by atoms with Crippen LogP contribution in [0.3, 0.4) is 0 Å². The molecule has 3 aromatic carbocycles. The smallest absolute Gasteiger partial charge is 0.248 e. The van der Waals surface area contributed by atoms with E-state index in [1.807, 2.05) is 35.4 Å². The fourth-order valence-corrected chi connectivity index (χ4v) is 6.10. The quantitative estimate of drug-likeness (QED) is 0.205. The van der Waals surface area contributed by atoms with Crippen molar-refractivity contribution in [3.63, 3.8) is 0 Å². The number of hydrogen-bond donors (Lipinski definition) is 0. The number of pyridine rings is 1. The van der Waals surface area contributed by atoms with Crippen LogP contribution in [0.5, 0.6) is 0 Å². The van der Waals surface area contributed by atoms with E-state index in [2.05, 4.69) is 76.2 Å². The van der Waals surface area contributed by atoms with Crippen molar-refractivity contribution in [2.45, 2.75) is 31.1 Å². The summed E-state index contributed by atoms with van der Waals surface area (Å²) in [4.78, 5) is 19.2. The Morgan fingerprint density at radius 2 is 1.84 bits per heavy atom. The lowest BCUT2D eigenvalue weighted by Gasteiger charge is -2.32. The van der Waals surface area contributed by atoms with Crippen LogP contribution in [0.1, 0.15) is 47.1 Å². The molecule has 0 bridgehead atoms. The molecule has 1 aliphatic heterocycles. The van der Waals surface area contributed by atoms with E-state index in [0.29, 0.717) is 10.9 Å². The highest BCUT2D eigenvalue weighted by Gasteiger charge is 2.25. The van der Waals surface area contributed by atoms with Crippen molar-refractivity contribution in [2.24, 2.45) is 0 Å². The number of methoxy groups -OCH3 is 1. The molecule has 0 radical (unpaired) electrons. The van der Waals surface area contributed by atoms with E-state index in [1.54, 1.807) is 18.1 Å². The van der Waals surface area contributed by atoms with Gasteiger partial charge in [-0.25, -0.2) is 0 Å². The molecule has 9 heteroatoms. The zero-order chi connectivity index (χ0) is 29.6. The monoisotopic (exact) mass is 592 g/mol. The van der Waals surface area contributed by atoms with Gasteiger partial charge in [0, 0.05) is 54.2 Å². The van der Waals surface area contributed by atoms with Gasteiger partial charge in [-0.05, 0) is 76.6 Å². The topological polar surface area (TPSA) is 86.0 Å². The number of likely N-dealkylation sites (tertiary alicyclic amines) is 1. The molecule has 1 aliphatic rings. The molecule has 1 saturated heterocycles. The van der Waals surface area contributed by atoms with Crippen LogP contribution in [0.25, 0.3) is 16.8 Å². The van der Waals surface area contributed by atoms with Crippen LogP contribution in [0.15, 0.2) is 97.5 Å². The molecular formula is C34H33ClN6O2. The second-order valence-electron chi connectivity index (χ2n) is 10.9. The maximum atomic E-state index is 12.3. The van der Waals surface area contributed by atoms with Gasteiger partial charge in [-0.2, -0.15) is 4.68 Å². The third-order valence-electron chi connectivity index (χ3n) is 8.19. The molecule has 5 aromatic rings. The van der Waals surface area contributed by atoms with Crippen molar-refractivity contribution in [3.05, 3.63) is 125 Å². The molecule has 43 heavy (non-hydrogen) atoms. The molecule has 218 valence electrons. The van der Waals surface area contributed by atoms with Crippen LogP contribution < -0.4 is 0 Å². The van der Waals surface area contributed by atoms with E-state index in [1.165, 1.54) is 16.7 Å². The number of carbonyl (C=O) groups is 1. The van der Waals surface area contributed by atoms with Gasteiger partial charge in [0.1, 0.15) is 12.9 Å². The van der Waals surface area contributed by atoms with Crippen molar-refractivity contribution in [3.8, 4) is 16.8 Å². The van der Waals surface area contributed by atoms with Crippen molar-refractivity contribution in [1.29, 1.82) is 0 Å². The Bertz CT molecular complexity index is 1650. The molecule has 1 amide bonds. The number of rotatable bonds is 9. The third-order valence-corrected chi connectivity index (χ3v) is 8.43. The third kappa shape index (κ3) is 6.66. The first-order valence-electron chi connectivity index (χ1n) is 14.5. The number of ether oxygens (including phenoxy) is 1. The molecule has 6 rings (SSSR count). The number of nitrogens with zero attached hydrogens (tertiary/aromatic N) is 6. The number of aromatic nitrogens is 5. The minimum absolute atomic E-state index is 0.0648. The highest BCUT2D eigenvalue weighted by molar-refractivity contribution is 6.31. The van der Waals surface area contributed by atoms with Gasteiger partial charge in [0.05, 0.1) is 5.69 Å². The van der Waals surface area contributed by atoms with Gasteiger partial charge in [-0.15, -0.1) is 5.10 Å². The van der Waals surface area contributed by atoms with E-state index in [9.17, 15) is 4.79 Å². The summed E-state index contributed by atoms with van der Waals surface area (Å²) in [6, 6.07) is 29.3. The number of piperidine rings is 1. The summed E-state index contributed by atoms with van der Waals surface area (Å²) < 4.78 is 6.68. The zero-order valence-corrected chi connectivity index (χ0v) is 24.8. The van der Waals surface area contributed by atoms with Gasteiger partial charge in [0.25, 0.3) is 0 Å². The SMILES string of the molecule is COCC(=O)N1CCC(c2cccc([C@H](Cc3ccccc3)c3ccc(-c4cc(Cl)ccc4-n4cnnn4)cn3)c2)CC1. The lowest BCUT2D eigenvalue weighted by molar-refractivity contribution is -0.136. The molecule has 1 atom stereocenters. The molecule has 0 aliphatic carbocycles. The van der Waals surface area contributed by atoms with Crippen LogP contribution in [-0.4, -0.2) is 62.8 Å². The van der Waals surface area contributed by atoms with Gasteiger partial charge < -0.3 is 9.64 Å². The molecular weight excluding hydrogens is 560 g/mol. The average molecular weight is 593 g/mol. The number of halogens is 1. The molecule has 0 saturated carbocycles. The number of benzene rings is 3. The lowest BCUT2D eigenvalue weighted by Crippen LogP contribution is -2.39. The number of tetrazole rings is 1. The van der Waals surface area contributed by atoms with E-state index in [4.69, 9.17) is 21.3 Å². The molecule has 0 spiro atoms. The van der Waals surface area contributed by atoms with Crippen molar-refractivity contribution >= 4 is 17.5 Å². The maximum absolute atomic E-state index is 12.3. The van der Waals surface area contributed by atoms with E-state index in [0.717, 1.165) is 54.9 Å². The lowest BCUT2D eigenvalue weighted by atomic mass is 9.84. The molecule has 3 heterocycles. The first-order chi connectivity index (χ1) is 21.1. The fraction of sp³-hybridized carbons (Fsp3) is 0.265. The molecule has 8 nitrogen and oxygen atoms in total. The number of hydrogen-bond acceptors (Lipinski definition) is 6. The standard InChI is InChI=1S/C34H33ClN6O2/c1-43-22-34(42)40-16-14-25(15-17-40)26-8-5-9-27(19-26)30(18-24-6-3-2-4-7-24)32-12-10-28(21-36-32)31-20-29(35)11-13-33(31)41-23-37-38-39-41/h2-13,19-21,23,25,30H,14-18,22H2,1H3/t30-/m0/s1. The highest BCUT2D eigenvalue weighted by Crippen LogP contribution is 2.35. The molecule has 0 N–H and O–H groups in total. The Balaban J connectivity index is 1.29. The van der Waals surface area contributed by atoms with Gasteiger partial charge >= 0.3 is 0 Å². The number of carbonyl (C=O) groups excluding carboxylic acids is 1. The summed E-state index contributed by atoms with van der Waals surface area (Å²) >= 11 is 6.39. The predicted molar refractivity (Wildman–Crippen MR) is 166 cm³/mol. The van der Waals surface area contributed by atoms with Crippen LogP contribution in [-0.2, 0) is 16.0 Å². The Kier molecular flexibility index (Phi) is 8.86. The fourth-order valence-electron chi connectivity index (χ4n) is 5.93. The van der Waals surface area contributed by atoms with E-state index in [-0.39, 0.29) is 18.4 Å². The van der Waals surface area contributed by atoms with Crippen LogP contribution in [0.4, 0.5) is 0 Å². The van der Waals surface area contributed by atoms with Crippen molar-refractivity contribution in [2.75, 3.05) is 26.8 Å². The molecule has 2 aromatic heterocycles. The Morgan fingerprint density at radius 3 is 2.56 bits per heavy atom. The minimum Gasteiger partial charge on any atom is -0.375 e. The maximum Gasteiger partial charge on any atom is 0.248 e. The van der Waals surface area contributed by atoms with Crippen molar-refractivity contribution < 1.29 is 9.53 Å². The summed E-state index contributed by atoms with van der Waals surface area (Å²) in [7, 11) is 1.57.